The zero-order chi connectivity index (χ0) is 15.5. The quantitative estimate of drug-likeness (QED) is 0.812. The molecule has 0 saturated heterocycles. The van der Waals surface area contributed by atoms with E-state index < -0.39 is 11.7 Å². The highest BCUT2D eigenvalue weighted by molar-refractivity contribution is 7.99. The molecule has 1 N–H and O–H groups in total. The molecule has 2 nitrogen and oxygen atoms in total. The van der Waals surface area contributed by atoms with E-state index in [1.54, 1.807) is 31.1 Å². The second-order valence-electron chi connectivity index (χ2n) is 4.62. The van der Waals surface area contributed by atoms with E-state index in [0.29, 0.717) is 11.3 Å². The van der Waals surface area contributed by atoms with E-state index in [-0.39, 0.29) is 6.04 Å². The van der Waals surface area contributed by atoms with Crippen LogP contribution in [0.2, 0.25) is 0 Å². The van der Waals surface area contributed by atoms with Gasteiger partial charge in [0.15, 0.2) is 0 Å². The third kappa shape index (κ3) is 4.04. The molecule has 0 amide bonds. The lowest BCUT2D eigenvalue weighted by Crippen LogP contribution is -2.19. The van der Waals surface area contributed by atoms with E-state index in [2.05, 4.69) is 5.32 Å². The van der Waals surface area contributed by atoms with Crippen LogP contribution in [0.3, 0.4) is 0 Å². The van der Waals surface area contributed by atoms with Gasteiger partial charge in [0.2, 0.25) is 0 Å². The first kappa shape index (κ1) is 16.0. The van der Waals surface area contributed by atoms with Crippen molar-refractivity contribution in [2.24, 2.45) is 0 Å². The van der Waals surface area contributed by atoms with Crippen molar-refractivity contribution >= 4 is 11.8 Å². The Labute approximate surface area is 125 Å². The van der Waals surface area contributed by atoms with Gasteiger partial charge in [0, 0.05) is 16.7 Å². The molecule has 0 aliphatic rings. The molecule has 0 aliphatic heterocycles. The SMILES string of the molecule is CNC(CSc1ccoc1C)c1cccc(C(F)(F)F)c1. The van der Waals surface area contributed by atoms with Crippen molar-refractivity contribution in [1.82, 2.24) is 5.32 Å². The van der Waals surface area contributed by atoms with Crippen molar-refractivity contribution in [2.45, 2.75) is 24.0 Å². The monoisotopic (exact) mass is 315 g/mol. The predicted octanol–water partition coefficient (Wildman–Crippen LogP) is 4.66. The Morgan fingerprint density at radius 2 is 2.05 bits per heavy atom. The minimum absolute atomic E-state index is 0.161. The summed E-state index contributed by atoms with van der Waals surface area (Å²) in [6, 6.07) is 7.13. The first-order valence-corrected chi connectivity index (χ1v) is 7.41. The minimum atomic E-state index is -4.32. The fourth-order valence-corrected chi connectivity index (χ4v) is 3.08. The van der Waals surface area contributed by atoms with Gasteiger partial charge in [-0.25, -0.2) is 0 Å². The van der Waals surface area contributed by atoms with Crippen LogP contribution in [-0.4, -0.2) is 12.8 Å². The number of nitrogens with one attached hydrogen (secondary N) is 1. The number of furan rings is 1. The molecule has 1 unspecified atom stereocenters. The Hall–Kier alpha value is -1.40. The van der Waals surface area contributed by atoms with E-state index in [0.717, 1.165) is 16.7 Å². The summed E-state index contributed by atoms with van der Waals surface area (Å²) in [5.41, 5.74) is 0.00529. The van der Waals surface area contributed by atoms with Crippen LogP contribution in [0.25, 0.3) is 0 Å². The van der Waals surface area contributed by atoms with Gasteiger partial charge in [0.1, 0.15) is 5.76 Å². The topological polar surface area (TPSA) is 25.2 Å². The average molecular weight is 315 g/mol. The van der Waals surface area contributed by atoms with E-state index in [4.69, 9.17) is 4.42 Å². The molecular weight excluding hydrogens is 299 g/mol. The van der Waals surface area contributed by atoms with E-state index >= 15 is 0 Å². The molecule has 0 spiro atoms. The highest BCUT2D eigenvalue weighted by Gasteiger charge is 2.30. The molecule has 2 aromatic rings. The lowest BCUT2D eigenvalue weighted by Gasteiger charge is -2.17. The molecule has 1 aromatic carbocycles. The number of alkyl halides is 3. The van der Waals surface area contributed by atoms with Crippen LogP contribution in [-0.2, 0) is 6.18 Å². The number of hydrogen-bond donors (Lipinski definition) is 1. The predicted molar refractivity (Wildman–Crippen MR) is 77.4 cm³/mol. The first-order valence-electron chi connectivity index (χ1n) is 6.43. The molecule has 0 bridgehead atoms. The molecule has 1 aromatic heterocycles. The molecule has 0 aliphatic carbocycles. The van der Waals surface area contributed by atoms with Gasteiger partial charge in [-0.2, -0.15) is 13.2 Å². The van der Waals surface area contributed by atoms with Gasteiger partial charge in [0.25, 0.3) is 0 Å². The number of halogens is 3. The highest BCUT2D eigenvalue weighted by atomic mass is 32.2. The van der Waals surface area contributed by atoms with Gasteiger partial charge in [0.05, 0.1) is 11.8 Å². The van der Waals surface area contributed by atoms with Crippen LogP contribution in [0.4, 0.5) is 13.2 Å². The molecule has 0 radical (unpaired) electrons. The van der Waals surface area contributed by atoms with Crippen LogP contribution >= 0.6 is 11.8 Å². The lowest BCUT2D eigenvalue weighted by atomic mass is 10.1. The maximum absolute atomic E-state index is 12.8. The summed E-state index contributed by atoms with van der Waals surface area (Å²) < 4.78 is 43.5. The Kier molecular flexibility index (Phi) is 5.00. The summed E-state index contributed by atoms with van der Waals surface area (Å²) in [5.74, 6) is 1.44. The molecular formula is C15H16F3NOS. The van der Waals surface area contributed by atoms with Crippen LogP contribution in [0.15, 0.2) is 45.9 Å². The summed E-state index contributed by atoms with van der Waals surface area (Å²) in [7, 11) is 1.74. The maximum Gasteiger partial charge on any atom is 0.416 e. The largest absolute Gasteiger partial charge is 0.468 e. The first-order chi connectivity index (χ1) is 9.91. The van der Waals surface area contributed by atoms with Gasteiger partial charge in [-0.15, -0.1) is 11.8 Å². The van der Waals surface area contributed by atoms with Crippen molar-refractivity contribution in [3.05, 3.63) is 53.5 Å². The standard InChI is InChI=1S/C15H16F3NOS/c1-10-14(6-7-20-10)21-9-13(19-2)11-4-3-5-12(8-11)15(16,17)18/h3-8,13,19H,9H2,1-2H3. The van der Waals surface area contributed by atoms with Crippen molar-refractivity contribution in [3.8, 4) is 0 Å². The molecule has 21 heavy (non-hydrogen) atoms. The third-order valence-electron chi connectivity index (χ3n) is 3.18. The Morgan fingerprint density at radius 3 is 2.62 bits per heavy atom. The molecule has 114 valence electrons. The molecule has 2 rings (SSSR count). The summed E-state index contributed by atoms with van der Waals surface area (Å²) in [5, 5.41) is 3.06. The van der Waals surface area contributed by atoms with E-state index in [1.807, 2.05) is 13.0 Å². The normalized spacial score (nSPS) is 13.4. The van der Waals surface area contributed by atoms with Gasteiger partial charge in [-0.05, 0) is 37.7 Å². The van der Waals surface area contributed by atoms with Crippen molar-refractivity contribution in [2.75, 3.05) is 12.8 Å². The molecule has 0 saturated carbocycles. The fourth-order valence-electron chi connectivity index (χ4n) is 1.97. The highest BCUT2D eigenvalue weighted by Crippen LogP contribution is 2.32. The smallest absolute Gasteiger partial charge is 0.416 e. The molecule has 1 atom stereocenters. The molecule has 6 heteroatoms. The van der Waals surface area contributed by atoms with Gasteiger partial charge < -0.3 is 9.73 Å². The number of thioether (sulfide) groups is 1. The summed E-state index contributed by atoms with van der Waals surface area (Å²) in [6.45, 7) is 1.86. The fraction of sp³-hybridized carbons (Fsp3) is 0.333. The van der Waals surface area contributed by atoms with Crippen molar-refractivity contribution < 1.29 is 17.6 Å². The van der Waals surface area contributed by atoms with Crippen LogP contribution in [0.1, 0.15) is 22.9 Å². The summed E-state index contributed by atoms with van der Waals surface area (Å²) >= 11 is 1.56. The maximum atomic E-state index is 12.8. The zero-order valence-corrected chi connectivity index (χ0v) is 12.5. The third-order valence-corrected chi connectivity index (χ3v) is 4.42. The lowest BCUT2D eigenvalue weighted by molar-refractivity contribution is -0.137. The second-order valence-corrected chi connectivity index (χ2v) is 5.68. The number of aryl methyl sites for hydroxylation is 1. The van der Waals surface area contributed by atoms with Crippen LogP contribution in [0, 0.1) is 6.92 Å². The Bertz CT molecular complexity index is 595. The van der Waals surface area contributed by atoms with E-state index in [1.165, 1.54) is 12.1 Å². The Balaban J connectivity index is 2.12. The van der Waals surface area contributed by atoms with Gasteiger partial charge >= 0.3 is 6.18 Å². The number of benzene rings is 1. The number of hydrogen-bond acceptors (Lipinski definition) is 3. The van der Waals surface area contributed by atoms with Gasteiger partial charge in [-0.1, -0.05) is 12.1 Å². The zero-order valence-electron chi connectivity index (χ0n) is 11.7. The van der Waals surface area contributed by atoms with E-state index in [9.17, 15) is 13.2 Å². The van der Waals surface area contributed by atoms with Crippen LogP contribution < -0.4 is 5.32 Å². The number of rotatable bonds is 5. The average Bonchev–Trinajstić information content (AvgIpc) is 2.84. The van der Waals surface area contributed by atoms with Crippen molar-refractivity contribution in [1.29, 1.82) is 0 Å². The summed E-state index contributed by atoms with van der Waals surface area (Å²) in [6.07, 6.45) is -2.71. The second kappa shape index (κ2) is 6.58. The van der Waals surface area contributed by atoms with Crippen molar-refractivity contribution in [3.63, 3.8) is 0 Å². The van der Waals surface area contributed by atoms with Crippen LogP contribution in [0.5, 0.6) is 0 Å². The minimum Gasteiger partial charge on any atom is -0.468 e. The Morgan fingerprint density at radius 1 is 1.29 bits per heavy atom. The molecule has 0 fully saturated rings. The molecule has 1 heterocycles. The van der Waals surface area contributed by atoms with Gasteiger partial charge in [-0.3, -0.25) is 0 Å². The summed E-state index contributed by atoms with van der Waals surface area (Å²) in [4.78, 5) is 1.00.